The van der Waals surface area contributed by atoms with Crippen molar-refractivity contribution < 1.29 is 0 Å². The SMILES string of the molecule is c1ccc(-c2ccc(-n3c4ccccc4c4c5cccc6c7cccc8c7c(cc7c8c8ccccc8n7-c7nc(-c8ccc9cc(-c%10ccccc%10)ccc9c8)c8ccccc8n7)c(cc43)c65)cc2)cc1. The van der Waals surface area contributed by atoms with Crippen LogP contribution >= 0.6 is 0 Å². The Balaban J connectivity index is 0.979. The lowest BCUT2D eigenvalue weighted by Crippen LogP contribution is -2.03. The Morgan fingerprint density at radius 3 is 1.35 bits per heavy atom. The molecule has 0 aliphatic carbocycles. The summed E-state index contributed by atoms with van der Waals surface area (Å²) in [4.78, 5) is 11.0. The zero-order valence-corrected chi connectivity index (χ0v) is 38.9. The molecule has 0 unspecified atom stereocenters. The number of benzene rings is 13. The molecule has 4 nitrogen and oxygen atoms in total. The monoisotopic (exact) mass is 912 g/mol. The summed E-state index contributed by atoms with van der Waals surface area (Å²) >= 11 is 0. The third-order valence-corrected chi connectivity index (χ3v) is 15.4. The first-order valence-electron chi connectivity index (χ1n) is 24.7. The van der Waals surface area contributed by atoms with Crippen LogP contribution in [0.1, 0.15) is 0 Å². The molecule has 16 aromatic rings. The summed E-state index contributed by atoms with van der Waals surface area (Å²) in [6, 6.07) is 88.6. The average molecular weight is 913 g/mol. The Labute approximate surface area is 413 Å². The van der Waals surface area contributed by atoms with Crippen LogP contribution in [0.15, 0.2) is 243 Å². The van der Waals surface area contributed by atoms with Crippen molar-refractivity contribution in [1.29, 1.82) is 0 Å². The van der Waals surface area contributed by atoms with Crippen LogP contribution in [-0.4, -0.2) is 19.1 Å². The Morgan fingerprint density at radius 2 is 0.708 bits per heavy atom. The van der Waals surface area contributed by atoms with E-state index >= 15 is 0 Å². The molecule has 0 aliphatic heterocycles. The van der Waals surface area contributed by atoms with Crippen LogP contribution in [0.4, 0.5) is 0 Å². The van der Waals surface area contributed by atoms with E-state index in [9.17, 15) is 0 Å². The Morgan fingerprint density at radius 1 is 0.250 bits per heavy atom. The van der Waals surface area contributed by atoms with E-state index < -0.39 is 0 Å². The van der Waals surface area contributed by atoms with Crippen LogP contribution in [0.25, 0.3) is 154 Å². The summed E-state index contributed by atoms with van der Waals surface area (Å²) in [5.74, 6) is 0.646. The van der Waals surface area contributed by atoms with E-state index in [4.69, 9.17) is 9.97 Å². The van der Waals surface area contributed by atoms with Gasteiger partial charge in [-0.2, -0.15) is 0 Å². The fourth-order valence-corrected chi connectivity index (χ4v) is 12.3. The van der Waals surface area contributed by atoms with Crippen LogP contribution in [0, 0.1) is 0 Å². The molecule has 0 saturated carbocycles. The van der Waals surface area contributed by atoms with Gasteiger partial charge in [0.05, 0.1) is 33.3 Å². The molecule has 4 heteroatoms. The lowest BCUT2D eigenvalue weighted by molar-refractivity contribution is 1.01. The van der Waals surface area contributed by atoms with Crippen LogP contribution in [0.3, 0.4) is 0 Å². The number of rotatable bonds is 5. The van der Waals surface area contributed by atoms with Crippen LogP contribution in [0.5, 0.6) is 0 Å². The summed E-state index contributed by atoms with van der Waals surface area (Å²) in [6.45, 7) is 0. The van der Waals surface area contributed by atoms with Gasteiger partial charge in [-0.25, -0.2) is 9.97 Å². The number of aromatic nitrogens is 4. The number of fused-ring (bicyclic) bond motifs is 12. The van der Waals surface area contributed by atoms with E-state index in [1.807, 2.05) is 0 Å². The van der Waals surface area contributed by atoms with Crippen molar-refractivity contribution in [3.63, 3.8) is 0 Å². The molecule has 0 amide bonds. The van der Waals surface area contributed by atoms with Gasteiger partial charge in [0.2, 0.25) is 5.95 Å². The summed E-state index contributed by atoms with van der Waals surface area (Å²) in [6.07, 6.45) is 0. The number of hydrogen-bond acceptors (Lipinski definition) is 2. The molecule has 0 atom stereocenters. The van der Waals surface area contributed by atoms with E-state index in [1.165, 1.54) is 109 Å². The first-order valence-corrected chi connectivity index (χ1v) is 24.7. The van der Waals surface area contributed by atoms with Crippen molar-refractivity contribution in [2.45, 2.75) is 0 Å². The second-order valence-electron chi connectivity index (χ2n) is 19.2. The van der Waals surface area contributed by atoms with Gasteiger partial charge in [-0.05, 0) is 131 Å². The molecule has 0 N–H and O–H groups in total. The smallest absolute Gasteiger partial charge is 0.235 e. The zero-order valence-electron chi connectivity index (χ0n) is 38.9. The van der Waals surface area contributed by atoms with Gasteiger partial charge in [-0.3, -0.25) is 4.57 Å². The Hall–Kier alpha value is -9.64. The molecule has 332 valence electrons. The molecule has 16 rings (SSSR count). The Kier molecular flexibility index (Phi) is 8.14. The van der Waals surface area contributed by atoms with Crippen molar-refractivity contribution in [2.24, 2.45) is 0 Å². The van der Waals surface area contributed by atoms with E-state index in [-0.39, 0.29) is 0 Å². The van der Waals surface area contributed by atoms with Gasteiger partial charge < -0.3 is 4.57 Å². The summed E-state index contributed by atoms with van der Waals surface area (Å²) in [7, 11) is 0. The lowest BCUT2D eigenvalue weighted by atomic mass is 9.87. The molecule has 0 saturated heterocycles. The fourth-order valence-electron chi connectivity index (χ4n) is 12.3. The fraction of sp³-hybridized carbons (Fsp3) is 0. The molecule has 13 aromatic carbocycles. The zero-order chi connectivity index (χ0) is 47.0. The first-order chi connectivity index (χ1) is 35.7. The minimum atomic E-state index is 0.646. The summed E-state index contributed by atoms with van der Waals surface area (Å²) < 4.78 is 4.78. The van der Waals surface area contributed by atoms with Crippen LogP contribution in [-0.2, 0) is 0 Å². The molecule has 72 heavy (non-hydrogen) atoms. The minimum Gasteiger partial charge on any atom is -0.309 e. The van der Waals surface area contributed by atoms with Gasteiger partial charge in [0.1, 0.15) is 0 Å². The van der Waals surface area contributed by atoms with Gasteiger partial charge >= 0.3 is 0 Å². The van der Waals surface area contributed by atoms with Crippen molar-refractivity contribution in [1.82, 2.24) is 19.1 Å². The molecule has 3 heterocycles. The van der Waals surface area contributed by atoms with E-state index in [0.717, 1.165) is 38.9 Å². The first kappa shape index (κ1) is 39.2. The highest BCUT2D eigenvalue weighted by atomic mass is 15.2. The van der Waals surface area contributed by atoms with Crippen LogP contribution in [0.2, 0.25) is 0 Å². The predicted molar refractivity (Wildman–Crippen MR) is 303 cm³/mol. The third-order valence-electron chi connectivity index (χ3n) is 15.4. The highest BCUT2D eigenvalue weighted by Crippen LogP contribution is 2.49. The molecule has 0 spiro atoms. The highest BCUT2D eigenvalue weighted by Gasteiger charge is 2.25. The second kappa shape index (κ2) is 14.9. The largest absolute Gasteiger partial charge is 0.309 e. The molecule has 0 radical (unpaired) electrons. The van der Waals surface area contributed by atoms with Crippen molar-refractivity contribution >= 4 is 108 Å². The second-order valence-corrected chi connectivity index (χ2v) is 19.2. The van der Waals surface area contributed by atoms with E-state index in [2.05, 4.69) is 252 Å². The summed E-state index contributed by atoms with van der Waals surface area (Å²) in [5.41, 5.74) is 13.3. The Bertz CT molecular complexity index is 4890. The minimum absolute atomic E-state index is 0.646. The standard InChI is InChI=1S/C68H40N4/c1-3-15-41(16-4-1)43-33-35-48(36-34-43)71-59-27-11-8-20-52(59)65-54-24-13-22-49-50-23-14-25-55-64(50)57(56(63(49)54)39-61(65)71)40-62-66(55)53-21-9-12-28-60(53)72(62)68-69-58-26-10-7-19-51(58)67(70-68)47-32-31-45-37-44(29-30-46(45)38-47)42-17-5-2-6-18-42/h1-40H. The molecule has 0 bridgehead atoms. The number of para-hydroxylation sites is 3. The molecule has 0 fully saturated rings. The van der Waals surface area contributed by atoms with Gasteiger partial charge in [0.15, 0.2) is 0 Å². The van der Waals surface area contributed by atoms with Crippen molar-refractivity contribution in [2.75, 3.05) is 0 Å². The molecular weight excluding hydrogens is 873 g/mol. The van der Waals surface area contributed by atoms with Gasteiger partial charge in [0, 0.05) is 38.2 Å². The van der Waals surface area contributed by atoms with Gasteiger partial charge in [0.25, 0.3) is 0 Å². The molecular formula is C68H40N4. The average Bonchev–Trinajstić information content (AvgIpc) is 3.97. The van der Waals surface area contributed by atoms with E-state index in [0.29, 0.717) is 5.95 Å². The maximum absolute atomic E-state index is 5.61. The van der Waals surface area contributed by atoms with Crippen molar-refractivity contribution in [3.8, 4) is 45.1 Å². The van der Waals surface area contributed by atoms with Crippen molar-refractivity contribution in [3.05, 3.63) is 243 Å². The van der Waals surface area contributed by atoms with Gasteiger partial charge in [-0.1, -0.05) is 188 Å². The van der Waals surface area contributed by atoms with E-state index in [1.54, 1.807) is 0 Å². The number of hydrogen-bond donors (Lipinski definition) is 0. The highest BCUT2D eigenvalue weighted by molar-refractivity contribution is 6.41. The third kappa shape index (κ3) is 5.57. The topological polar surface area (TPSA) is 35.6 Å². The maximum atomic E-state index is 5.61. The lowest BCUT2D eigenvalue weighted by Gasteiger charge is -2.17. The van der Waals surface area contributed by atoms with Gasteiger partial charge in [-0.15, -0.1) is 0 Å². The molecule has 3 aromatic heterocycles. The maximum Gasteiger partial charge on any atom is 0.235 e. The number of nitrogens with zero attached hydrogens (tertiary/aromatic N) is 4. The normalized spacial score (nSPS) is 12.2. The predicted octanol–water partition coefficient (Wildman–Crippen LogP) is 18.0. The molecule has 0 aliphatic rings. The summed E-state index contributed by atoms with van der Waals surface area (Å²) in [5, 5.41) is 18.3. The van der Waals surface area contributed by atoms with Crippen LogP contribution < -0.4 is 0 Å². The quantitative estimate of drug-likeness (QED) is 0.127.